The maximum atomic E-state index is 13.0. The molecule has 6 heteroatoms. The Hall–Kier alpha value is -2.79. The second-order valence-electron chi connectivity index (χ2n) is 6.73. The topological polar surface area (TPSA) is 56.4 Å². The van der Waals surface area contributed by atoms with Crippen LogP contribution in [-0.2, 0) is 0 Å². The van der Waals surface area contributed by atoms with Crippen molar-refractivity contribution in [3.63, 3.8) is 0 Å². The number of aromatic amines is 1. The number of piperazine rings is 1. The Labute approximate surface area is 162 Å². The molecular weight excluding hydrogens is 362 g/mol. The fourth-order valence-corrected chi connectivity index (χ4v) is 3.79. The van der Waals surface area contributed by atoms with Gasteiger partial charge >= 0.3 is 0 Å². The van der Waals surface area contributed by atoms with Crippen molar-refractivity contribution in [3.8, 4) is 0 Å². The Morgan fingerprint density at radius 2 is 1.48 bits per heavy atom. The van der Waals surface area contributed by atoms with Crippen molar-refractivity contribution in [3.05, 3.63) is 70.4 Å². The van der Waals surface area contributed by atoms with E-state index in [1.807, 2.05) is 31.2 Å². The van der Waals surface area contributed by atoms with Crippen LogP contribution >= 0.6 is 11.6 Å². The highest BCUT2D eigenvalue weighted by Gasteiger charge is 2.28. The first-order valence-electron chi connectivity index (χ1n) is 8.96. The summed E-state index contributed by atoms with van der Waals surface area (Å²) in [6, 6.07) is 15.0. The van der Waals surface area contributed by atoms with Crippen LogP contribution in [0.2, 0.25) is 5.02 Å². The highest BCUT2D eigenvalue weighted by molar-refractivity contribution is 6.33. The van der Waals surface area contributed by atoms with Crippen LogP contribution < -0.4 is 0 Å². The summed E-state index contributed by atoms with van der Waals surface area (Å²) in [7, 11) is 0. The molecule has 1 fully saturated rings. The number of halogens is 1. The van der Waals surface area contributed by atoms with Gasteiger partial charge in [0.1, 0.15) is 5.69 Å². The first kappa shape index (κ1) is 17.6. The molecule has 1 aliphatic heterocycles. The summed E-state index contributed by atoms with van der Waals surface area (Å²) in [4.78, 5) is 32.4. The summed E-state index contributed by atoms with van der Waals surface area (Å²) in [6.07, 6.45) is 0. The van der Waals surface area contributed by atoms with E-state index < -0.39 is 0 Å². The smallest absolute Gasteiger partial charge is 0.270 e. The van der Waals surface area contributed by atoms with Gasteiger partial charge in [-0.2, -0.15) is 0 Å². The lowest BCUT2D eigenvalue weighted by molar-refractivity contribution is 0.0532. The summed E-state index contributed by atoms with van der Waals surface area (Å²) in [5.41, 5.74) is 3.06. The standard InChI is InChI=1S/C21H20ClN3O2/c1-14-15-6-3-5-9-18(15)23-19(14)21(27)25-12-10-24(11-13-25)20(26)16-7-2-4-8-17(16)22/h2-9,23H,10-13H2,1H3. The van der Waals surface area contributed by atoms with E-state index in [2.05, 4.69) is 4.98 Å². The lowest BCUT2D eigenvalue weighted by atomic mass is 10.1. The first-order chi connectivity index (χ1) is 13.1. The molecule has 0 unspecified atom stereocenters. The number of H-pyrrole nitrogens is 1. The number of hydrogen-bond acceptors (Lipinski definition) is 2. The summed E-state index contributed by atoms with van der Waals surface area (Å²) in [5, 5.41) is 1.52. The summed E-state index contributed by atoms with van der Waals surface area (Å²) in [5.74, 6) is -0.108. The molecule has 0 saturated carbocycles. The molecule has 138 valence electrons. The van der Waals surface area contributed by atoms with E-state index in [9.17, 15) is 9.59 Å². The fourth-order valence-electron chi connectivity index (χ4n) is 3.57. The number of benzene rings is 2. The minimum atomic E-state index is -0.0884. The molecule has 5 nitrogen and oxygen atoms in total. The maximum absolute atomic E-state index is 13.0. The van der Waals surface area contributed by atoms with E-state index in [0.29, 0.717) is 42.5 Å². The quantitative estimate of drug-likeness (QED) is 0.735. The number of fused-ring (bicyclic) bond motifs is 1. The van der Waals surface area contributed by atoms with Gasteiger partial charge in [-0.3, -0.25) is 9.59 Å². The number of carbonyl (C=O) groups excluding carboxylic acids is 2. The van der Waals surface area contributed by atoms with E-state index in [-0.39, 0.29) is 11.8 Å². The lowest BCUT2D eigenvalue weighted by Gasteiger charge is -2.34. The maximum Gasteiger partial charge on any atom is 0.270 e. The molecule has 0 aliphatic carbocycles. The molecule has 4 rings (SSSR count). The zero-order valence-corrected chi connectivity index (χ0v) is 15.8. The average Bonchev–Trinajstić information content (AvgIpc) is 3.04. The van der Waals surface area contributed by atoms with Crippen LogP contribution in [0.15, 0.2) is 48.5 Å². The van der Waals surface area contributed by atoms with Crippen LogP contribution in [0, 0.1) is 6.92 Å². The second-order valence-corrected chi connectivity index (χ2v) is 7.14. The van der Waals surface area contributed by atoms with Crippen LogP contribution in [0.4, 0.5) is 0 Å². The van der Waals surface area contributed by atoms with Crippen molar-refractivity contribution in [1.82, 2.24) is 14.8 Å². The molecule has 0 spiro atoms. The lowest BCUT2D eigenvalue weighted by Crippen LogP contribution is -2.50. The number of hydrogen-bond donors (Lipinski definition) is 1. The summed E-state index contributed by atoms with van der Waals surface area (Å²) < 4.78 is 0. The van der Waals surface area contributed by atoms with Crippen molar-refractivity contribution in [2.75, 3.05) is 26.2 Å². The van der Waals surface area contributed by atoms with Crippen molar-refractivity contribution < 1.29 is 9.59 Å². The van der Waals surface area contributed by atoms with Crippen molar-refractivity contribution in [2.45, 2.75) is 6.92 Å². The molecule has 1 saturated heterocycles. The van der Waals surface area contributed by atoms with E-state index >= 15 is 0 Å². The molecule has 0 radical (unpaired) electrons. The number of amides is 2. The average molecular weight is 382 g/mol. The van der Waals surface area contributed by atoms with Gasteiger partial charge in [-0.05, 0) is 30.7 Å². The molecule has 3 aromatic rings. The third-order valence-corrected chi connectivity index (χ3v) is 5.47. The van der Waals surface area contributed by atoms with Crippen molar-refractivity contribution >= 4 is 34.3 Å². The minimum absolute atomic E-state index is 0.0199. The van der Waals surface area contributed by atoms with Gasteiger partial charge in [-0.25, -0.2) is 0 Å². The zero-order valence-electron chi connectivity index (χ0n) is 15.0. The van der Waals surface area contributed by atoms with Crippen LogP contribution in [0.1, 0.15) is 26.4 Å². The molecule has 2 aromatic carbocycles. The number of aromatic nitrogens is 1. The highest BCUT2D eigenvalue weighted by atomic mass is 35.5. The normalized spacial score (nSPS) is 14.6. The van der Waals surface area contributed by atoms with E-state index in [4.69, 9.17) is 11.6 Å². The number of aryl methyl sites for hydroxylation is 1. The summed E-state index contributed by atoms with van der Waals surface area (Å²) >= 11 is 6.14. The van der Waals surface area contributed by atoms with Gasteiger partial charge < -0.3 is 14.8 Å². The van der Waals surface area contributed by atoms with Gasteiger partial charge in [0.15, 0.2) is 0 Å². The fraction of sp³-hybridized carbons (Fsp3) is 0.238. The van der Waals surface area contributed by atoms with E-state index in [1.54, 1.807) is 34.1 Å². The summed E-state index contributed by atoms with van der Waals surface area (Å²) in [6.45, 7) is 3.96. The predicted octanol–water partition coefficient (Wildman–Crippen LogP) is 3.73. The predicted molar refractivity (Wildman–Crippen MR) is 106 cm³/mol. The van der Waals surface area contributed by atoms with Gasteiger partial charge in [0.2, 0.25) is 0 Å². The zero-order chi connectivity index (χ0) is 19.0. The number of carbonyl (C=O) groups is 2. The third-order valence-electron chi connectivity index (χ3n) is 5.14. The molecule has 0 atom stereocenters. The molecule has 27 heavy (non-hydrogen) atoms. The van der Waals surface area contributed by atoms with E-state index in [1.165, 1.54) is 0 Å². The van der Waals surface area contributed by atoms with Crippen molar-refractivity contribution in [1.29, 1.82) is 0 Å². The van der Waals surface area contributed by atoms with Gasteiger partial charge in [-0.1, -0.05) is 41.9 Å². The molecule has 1 N–H and O–H groups in total. The number of nitrogens with one attached hydrogen (secondary N) is 1. The number of nitrogens with zero attached hydrogens (tertiary/aromatic N) is 2. The van der Waals surface area contributed by atoms with Gasteiger partial charge in [-0.15, -0.1) is 0 Å². The van der Waals surface area contributed by atoms with Gasteiger partial charge in [0.25, 0.3) is 11.8 Å². The van der Waals surface area contributed by atoms with Gasteiger partial charge in [0.05, 0.1) is 10.6 Å². The van der Waals surface area contributed by atoms with E-state index in [0.717, 1.165) is 16.5 Å². The van der Waals surface area contributed by atoms with Gasteiger partial charge in [0, 0.05) is 37.1 Å². The number of rotatable bonds is 2. The molecule has 1 aromatic heterocycles. The minimum Gasteiger partial charge on any atom is -0.350 e. The SMILES string of the molecule is Cc1c(C(=O)N2CCN(C(=O)c3ccccc3Cl)CC2)[nH]c2ccccc12. The van der Waals surface area contributed by atoms with Crippen molar-refractivity contribution in [2.24, 2.45) is 0 Å². The molecule has 1 aliphatic rings. The second kappa shape index (κ2) is 7.08. The molecule has 2 amide bonds. The monoisotopic (exact) mass is 381 g/mol. The van der Waals surface area contributed by atoms with Crippen LogP contribution in [0.3, 0.4) is 0 Å². The Balaban J connectivity index is 1.47. The molecule has 0 bridgehead atoms. The first-order valence-corrected chi connectivity index (χ1v) is 9.34. The Morgan fingerprint density at radius 3 is 2.15 bits per heavy atom. The Kier molecular flexibility index (Phi) is 4.62. The molecular formula is C21H20ClN3O2. The number of para-hydroxylation sites is 1. The largest absolute Gasteiger partial charge is 0.350 e. The highest BCUT2D eigenvalue weighted by Crippen LogP contribution is 2.23. The Morgan fingerprint density at radius 1 is 0.889 bits per heavy atom. The van der Waals surface area contributed by atoms with Crippen LogP contribution in [0.5, 0.6) is 0 Å². The molecule has 2 heterocycles. The van der Waals surface area contributed by atoms with Crippen LogP contribution in [0.25, 0.3) is 10.9 Å². The third kappa shape index (κ3) is 3.19. The Bertz CT molecular complexity index is 1020. The van der Waals surface area contributed by atoms with Crippen LogP contribution in [-0.4, -0.2) is 52.8 Å².